The van der Waals surface area contributed by atoms with Gasteiger partial charge in [-0.3, -0.25) is 14.6 Å². The van der Waals surface area contributed by atoms with Gasteiger partial charge in [0.15, 0.2) is 6.04 Å². The van der Waals surface area contributed by atoms with Crippen molar-refractivity contribution in [2.45, 2.75) is 13.0 Å². The van der Waals surface area contributed by atoms with Crippen LogP contribution in [-0.4, -0.2) is 17.5 Å². The van der Waals surface area contributed by atoms with Gasteiger partial charge in [0.25, 0.3) is 11.8 Å². The van der Waals surface area contributed by atoms with E-state index in [-0.39, 0.29) is 5.91 Å². The van der Waals surface area contributed by atoms with Gasteiger partial charge in [-0.15, -0.1) is 11.3 Å². The summed E-state index contributed by atoms with van der Waals surface area (Å²) < 4.78 is 0. The third-order valence-electron chi connectivity index (χ3n) is 4.46. The molecular weight excluding hydrogens is 358 g/mol. The third-order valence-corrected chi connectivity index (χ3v) is 5.40. The molecular formula is C21H17N3O2S. The van der Waals surface area contributed by atoms with E-state index in [2.05, 4.69) is 5.32 Å². The molecule has 1 unspecified atom stereocenters. The quantitative estimate of drug-likeness (QED) is 0.732. The number of nitrogens with one attached hydrogen (secondary N) is 1. The lowest BCUT2D eigenvalue weighted by atomic mass is 9.99. The van der Waals surface area contributed by atoms with Crippen molar-refractivity contribution in [3.05, 3.63) is 87.1 Å². The minimum Gasteiger partial charge on any atom is -0.365 e. The Morgan fingerprint density at radius 3 is 2.67 bits per heavy atom. The fourth-order valence-electron chi connectivity index (χ4n) is 3.20. The first-order chi connectivity index (χ1) is 13.0. The monoisotopic (exact) mass is 375 g/mol. The number of rotatable bonds is 3. The van der Waals surface area contributed by atoms with Gasteiger partial charge in [-0.2, -0.15) is 0 Å². The van der Waals surface area contributed by atoms with Crippen LogP contribution in [0.1, 0.15) is 38.0 Å². The highest BCUT2D eigenvalue weighted by Crippen LogP contribution is 2.33. The highest BCUT2D eigenvalue weighted by Gasteiger charge is 2.30. The second-order valence-corrected chi connectivity index (χ2v) is 7.27. The number of fused-ring (bicyclic) bond motifs is 1. The van der Waals surface area contributed by atoms with E-state index in [0.717, 1.165) is 16.7 Å². The number of carbonyl (C=O) groups excluding carboxylic acids is 2. The standard InChI is InChI=1S/C21H17N3O2S/c1-12-7-8-14-16(11-12)23-21(26)18(15-9-10-27-19(15)20(22)25)24-17(14)13-5-3-2-4-6-13/h2-11,18H,1H3,(H2,22,25)(H,23,26). The predicted octanol–water partition coefficient (Wildman–Crippen LogP) is 3.69. The van der Waals surface area contributed by atoms with E-state index < -0.39 is 11.9 Å². The van der Waals surface area contributed by atoms with Gasteiger partial charge in [0.1, 0.15) is 0 Å². The molecule has 2 amide bonds. The van der Waals surface area contributed by atoms with Crippen molar-refractivity contribution in [1.29, 1.82) is 0 Å². The number of benzene rings is 2. The molecule has 0 spiro atoms. The first-order valence-electron chi connectivity index (χ1n) is 8.47. The van der Waals surface area contributed by atoms with Crippen molar-refractivity contribution in [2.24, 2.45) is 10.7 Å². The first kappa shape index (κ1) is 17.2. The van der Waals surface area contributed by atoms with E-state index >= 15 is 0 Å². The van der Waals surface area contributed by atoms with Crippen molar-refractivity contribution >= 4 is 34.6 Å². The van der Waals surface area contributed by atoms with Gasteiger partial charge >= 0.3 is 0 Å². The van der Waals surface area contributed by atoms with Gasteiger partial charge in [0.05, 0.1) is 16.3 Å². The molecule has 5 nitrogen and oxygen atoms in total. The number of amides is 2. The summed E-state index contributed by atoms with van der Waals surface area (Å²) in [7, 11) is 0. The number of aliphatic imine (C=N–C) groups is 1. The Balaban J connectivity index is 1.94. The highest BCUT2D eigenvalue weighted by atomic mass is 32.1. The normalized spacial score (nSPS) is 16.1. The van der Waals surface area contributed by atoms with Gasteiger partial charge in [0, 0.05) is 16.7 Å². The van der Waals surface area contributed by atoms with Gasteiger partial charge in [0.2, 0.25) is 0 Å². The molecule has 0 saturated heterocycles. The molecule has 1 aromatic heterocycles. The van der Waals surface area contributed by atoms with E-state index in [1.165, 1.54) is 11.3 Å². The Morgan fingerprint density at radius 2 is 1.93 bits per heavy atom. The van der Waals surface area contributed by atoms with Crippen LogP contribution in [0.15, 0.2) is 65.0 Å². The lowest BCUT2D eigenvalue weighted by molar-refractivity contribution is -0.117. The number of nitrogens with zero attached hydrogens (tertiary/aromatic N) is 1. The molecule has 1 aliphatic rings. The molecule has 1 aliphatic heterocycles. The second-order valence-electron chi connectivity index (χ2n) is 6.35. The molecule has 27 heavy (non-hydrogen) atoms. The van der Waals surface area contributed by atoms with Crippen LogP contribution in [0.3, 0.4) is 0 Å². The Morgan fingerprint density at radius 1 is 1.15 bits per heavy atom. The minimum atomic E-state index is -0.846. The van der Waals surface area contributed by atoms with E-state index in [0.29, 0.717) is 21.8 Å². The third kappa shape index (κ3) is 3.15. The van der Waals surface area contributed by atoms with Crippen LogP contribution in [0.5, 0.6) is 0 Å². The summed E-state index contributed by atoms with van der Waals surface area (Å²) in [6.07, 6.45) is 0. The molecule has 134 valence electrons. The molecule has 2 aromatic carbocycles. The zero-order chi connectivity index (χ0) is 19.0. The zero-order valence-corrected chi connectivity index (χ0v) is 15.4. The van der Waals surface area contributed by atoms with E-state index in [1.807, 2.05) is 55.5 Å². The zero-order valence-electron chi connectivity index (χ0n) is 14.6. The SMILES string of the molecule is Cc1ccc2c(c1)NC(=O)C(c1ccsc1C(N)=O)N=C2c1ccccc1. The van der Waals surface area contributed by atoms with Crippen LogP contribution in [0.4, 0.5) is 5.69 Å². The van der Waals surface area contributed by atoms with Crippen LogP contribution >= 0.6 is 11.3 Å². The lowest BCUT2D eigenvalue weighted by Crippen LogP contribution is -2.21. The molecule has 0 radical (unpaired) electrons. The molecule has 1 atom stereocenters. The van der Waals surface area contributed by atoms with Crippen molar-refractivity contribution < 1.29 is 9.59 Å². The summed E-state index contributed by atoms with van der Waals surface area (Å²) in [5, 5.41) is 4.72. The van der Waals surface area contributed by atoms with E-state index in [1.54, 1.807) is 11.4 Å². The molecule has 0 aliphatic carbocycles. The minimum absolute atomic E-state index is 0.284. The largest absolute Gasteiger partial charge is 0.365 e. The smallest absolute Gasteiger partial charge is 0.259 e. The number of nitrogens with two attached hydrogens (primary N) is 1. The molecule has 0 saturated carbocycles. The molecule has 2 heterocycles. The second kappa shape index (κ2) is 6.81. The summed E-state index contributed by atoms with van der Waals surface area (Å²) >= 11 is 1.22. The maximum Gasteiger partial charge on any atom is 0.259 e. The van der Waals surface area contributed by atoms with E-state index in [4.69, 9.17) is 10.7 Å². The van der Waals surface area contributed by atoms with Crippen LogP contribution < -0.4 is 11.1 Å². The summed E-state index contributed by atoms with van der Waals surface area (Å²) in [6.45, 7) is 1.97. The summed E-state index contributed by atoms with van der Waals surface area (Å²) in [5.41, 5.74) is 10.2. The lowest BCUT2D eigenvalue weighted by Gasteiger charge is -2.11. The Kier molecular flexibility index (Phi) is 4.33. The van der Waals surface area contributed by atoms with Gasteiger partial charge in [-0.25, -0.2) is 0 Å². The fraction of sp³-hybridized carbons (Fsp3) is 0.0952. The summed E-state index contributed by atoms with van der Waals surface area (Å²) in [6, 6.07) is 16.5. The number of aryl methyl sites for hydroxylation is 1. The average molecular weight is 375 g/mol. The maximum atomic E-state index is 13.0. The molecule has 0 bridgehead atoms. The van der Waals surface area contributed by atoms with Crippen molar-refractivity contribution in [3.8, 4) is 0 Å². The molecule has 3 aromatic rings. The molecule has 6 heteroatoms. The Labute approximate surface area is 160 Å². The molecule has 4 rings (SSSR count). The van der Waals surface area contributed by atoms with E-state index in [9.17, 15) is 9.59 Å². The average Bonchev–Trinajstić information content (AvgIpc) is 3.09. The first-order valence-corrected chi connectivity index (χ1v) is 9.35. The van der Waals surface area contributed by atoms with Gasteiger partial charge in [-0.1, -0.05) is 42.5 Å². The predicted molar refractivity (Wildman–Crippen MR) is 107 cm³/mol. The number of thiophene rings is 1. The van der Waals surface area contributed by atoms with Crippen molar-refractivity contribution in [2.75, 3.05) is 5.32 Å². The number of anilines is 1. The van der Waals surface area contributed by atoms with Crippen LogP contribution in [0.25, 0.3) is 0 Å². The maximum absolute atomic E-state index is 13.0. The number of hydrogen-bond acceptors (Lipinski definition) is 4. The number of primary amides is 1. The topological polar surface area (TPSA) is 84.5 Å². The number of carbonyl (C=O) groups is 2. The highest BCUT2D eigenvalue weighted by molar-refractivity contribution is 7.12. The van der Waals surface area contributed by atoms with Crippen LogP contribution in [-0.2, 0) is 4.79 Å². The Hall–Kier alpha value is -3.25. The van der Waals surface area contributed by atoms with Crippen molar-refractivity contribution in [1.82, 2.24) is 0 Å². The fourth-order valence-corrected chi connectivity index (χ4v) is 3.98. The Bertz CT molecular complexity index is 1070. The molecule has 0 fully saturated rings. The van der Waals surface area contributed by atoms with Crippen LogP contribution in [0.2, 0.25) is 0 Å². The van der Waals surface area contributed by atoms with Crippen LogP contribution in [0, 0.1) is 6.92 Å². The van der Waals surface area contributed by atoms with Gasteiger partial charge < -0.3 is 11.1 Å². The number of benzodiazepines with no additional fused rings is 1. The van der Waals surface area contributed by atoms with Crippen molar-refractivity contribution in [3.63, 3.8) is 0 Å². The summed E-state index contributed by atoms with van der Waals surface area (Å²) in [4.78, 5) is 29.9. The summed E-state index contributed by atoms with van der Waals surface area (Å²) in [5.74, 6) is -0.837. The van der Waals surface area contributed by atoms with Gasteiger partial charge in [-0.05, 0) is 30.0 Å². The molecule has 3 N–H and O–H groups in total. The number of hydrogen-bond donors (Lipinski definition) is 2.